The number of methoxy groups -OCH3 is 1. The quantitative estimate of drug-likeness (QED) is 0.527. The lowest BCUT2D eigenvalue weighted by Gasteiger charge is -2.63. The lowest BCUT2D eigenvalue weighted by atomic mass is 9.42. The van der Waals surface area contributed by atoms with Crippen molar-refractivity contribution in [2.75, 3.05) is 7.11 Å². The van der Waals surface area contributed by atoms with Crippen molar-refractivity contribution in [1.29, 1.82) is 0 Å². The highest BCUT2D eigenvalue weighted by Gasteiger charge is 2.67. The Balaban J connectivity index is 1.53. The summed E-state index contributed by atoms with van der Waals surface area (Å²) in [6.07, 6.45) is 12.2. The largest absolute Gasteiger partial charge is 0.381 e. The summed E-state index contributed by atoms with van der Waals surface area (Å²) in [4.78, 5) is 13.5. The van der Waals surface area contributed by atoms with Crippen LogP contribution < -0.4 is 0 Å². The molecule has 9 atom stereocenters. The van der Waals surface area contributed by atoms with Gasteiger partial charge in [0.1, 0.15) is 5.60 Å². The molecule has 0 spiro atoms. The van der Waals surface area contributed by atoms with E-state index in [0.717, 1.165) is 30.6 Å². The van der Waals surface area contributed by atoms with Gasteiger partial charge in [-0.15, -0.1) is 0 Å². The molecule has 0 aromatic heterocycles. The van der Waals surface area contributed by atoms with E-state index in [1.54, 1.807) is 7.11 Å². The fraction of sp³-hybridized carbons (Fsp3) is 0.964. The summed E-state index contributed by atoms with van der Waals surface area (Å²) in [6, 6.07) is 0. The zero-order valence-electron chi connectivity index (χ0n) is 21.1. The van der Waals surface area contributed by atoms with E-state index >= 15 is 0 Å². The fourth-order valence-electron chi connectivity index (χ4n) is 9.23. The molecule has 0 heterocycles. The molecule has 4 fully saturated rings. The van der Waals surface area contributed by atoms with E-state index in [0.29, 0.717) is 36.0 Å². The Morgan fingerprint density at radius 1 is 1.03 bits per heavy atom. The minimum absolute atomic E-state index is 0.0231. The van der Waals surface area contributed by atoms with Gasteiger partial charge in [-0.3, -0.25) is 4.79 Å². The Hall–Kier alpha value is -0.410. The van der Waals surface area contributed by atoms with Crippen molar-refractivity contribution in [3.8, 4) is 0 Å². The number of carbonyl (C=O) groups is 1. The second-order valence-electron chi connectivity index (χ2n) is 12.9. The van der Waals surface area contributed by atoms with Crippen molar-refractivity contribution in [3.63, 3.8) is 0 Å². The molecule has 4 rings (SSSR count). The number of aliphatic hydroxyl groups is 1. The number of ketones is 1. The zero-order valence-corrected chi connectivity index (χ0v) is 21.1. The summed E-state index contributed by atoms with van der Waals surface area (Å²) in [5, 5.41) is 11.7. The second-order valence-corrected chi connectivity index (χ2v) is 12.9. The first-order valence-corrected chi connectivity index (χ1v) is 13.3. The molecule has 3 heteroatoms. The molecule has 4 saturated carbocycles. The number of Topliss-reactive ketones (excluding diaryl/α,β-unsaturated/α-hetero) is 1. The predicted molar refractivity (Wildman–Crippen MR) is 126 cm³/mol. The van der Waals surface area contributed by atoms with Crippen LogP contribution in [0.4, 0.5) is 0 Å². The third-order valence-electron chi connectivity index (χ3n) is 11.1. The van der Waals surface area contributed by atoms with Crippen LogP contribution in [0.15, 0.2) is 0 Å². The second kappa shape index (κ2) is 8.42. The first-order chi connectivity index (χ1) is 14.6. The Bertz CT molecular complexity index is 673. The first kappa shape index (κ1) is 23.7. The van der Waals surface area contributed by atoms with Gasteiger partial charge in [0.2, 0.25) is 0 Å². The Labute approximate surface area is 191 Å². The lowest BCUT2D eigenvalue weighted by molar-refractivity contribution is -0.215. The molecule has 0 aromatic carbocycles. The fourth-order valence-corrected chi connectivity index (χ4v) is 9.23. The molecule has 0 bridgehead atoms. The maximum atomic E-state index is 13.5. The van der Waals surface area contributed by atoms with Crippen molar-refractivity contribution in [1.82, 2.24) is 0 Å². The van der Waals surface area contributed by atoms with Gasteiger partial charge in [0, 0.05) is 25.4 Å². The molecule has 0 aliphatic heterocycles. The van der Waals surface area contributed by atoms with Gasteiger partial charge < -0.3 is 9.84 Å². The Kier molecular flexibility index (Phi) is 6.45. The number of carbonyl (C=O) groups excluding carboxylic acids is 1. The van der Waals surface area contributed by atoms with Gasteiger partial charge in [-0.1, -0.05) is 53.9 Å². The molecule has 1 N–H and O–H groups in total. The van der Waals surface area contributed by atoms with Crippen molar-refractivity contribution >= 4 is 5.78 Å². The van der Waals surface area contributed by atoms with Gasteiger partial charge >= 0.3 is 0 Å². The number of rotatable bonds is 6. The lowest BCUT2D eigenvalue weighted by Crippen LogP contribution is -2.67. The Morgan fingerprint density at radius 3 is 2.45 bits per heavy atom. The van der Waals surface area contributed by atoms with Gasteiger partial charge in [-0.05, 0) is 79.4 Å². The molecule has 31 heavy (non-hydrogen) atoms. The van der Waals surface area contributed by atoms with E-state index in [2.05, 4.69) is 34.6 Å². The van der Waals surface area contributed by atoms with Gasteiger partial charge in [-0.25, -0.2) is 0 Å². The van der Waals surface area contributed by atoms with Crippen LogP contribution in [0.25, 0.3) is 0 Å². The average Bonchev–Trinajstić information content (AvgIpc) is 3.06. The molecular weight excluding hydrogens is 384 g/mol. The molecule has 0 radical (unpaired) electrons. The van der Waals surface area contributed by atoms with E-state index in [1.807, 2.05) is 0 Å². The maximum absolute atomic E-state index is 13.5. The van der Waals surface area contributed by atoms with Gasteiger partial charge in [-0.2, -0.15) is 0 Å². The highest BCUT2D eigenvalue weighted by molar-refractivity contribution is 5.89. The van der Waals surface area contributed by atoms with Crippen LogP contribution >= 0.6 is 0 Å². The summed E-state index contributed by atoms with van der Waals surface area (Å²) < 4.78 is 5.60. The summed E-state index contributed by atoms with van der Waals surface area (Å²) in [6.45, 7) is 12.0. The van der Waals surface area contributed by atoms with E-state index < -0.39 is 5.60 Å². The molecule has 0 amide bonds. The molecule has 4 aliphatic carbocycles. The smallest absolute Gasteiger partial charge is 0.165 e. The van der Waals surface area contributed by atoms with Crippen LogP contribution in [-0.2, 0) is 9.53 Å². The number of ether oxygens (including phenoxy) is 1. The van der Waals surface area contributed by atoms with Crippen molar-refractivity contribution in [2.24, 2.45) is 46.3 Å². The van der Waals surface area contributed by atoms with E-state index in [1.165, 1.54) is 44.9 Å². The van der Waals surface area contributed by atoms with Crippen molar-refractivity contribution < 1.29 is 14.6 Å². The molecule has 3 nitrogen and oxygen atoms in total. The summed E-state index contributed by atoms with van der Waals surface area (Å²) in [7, 11) is 1.72. The molecule has 0 unspecified atom stereocenters. The summed E-state index contributed by atoms with van der Waals surface area (Å²) >= 11 is 0. The molecule has 0 aromatic rings. The monoisotopic (exact) mass is 432 g/mol. The van der Waals surface area contributed by atoms with Gasteiger partial charge in [0.15, 0.2) is 5.78 Å². The first-order valence-electron chi connectivity index (χ1n) is 13.3. The van der Waals surface area contributed by atoms with Crippen molar-refractivity contribution in [3.05, 3.63) is 0 Å². The van der Waals surface area contributed by atoms with E-state index in [-0.39, 0.29) is 17.3 Å². The van der Waals surface area contributed by atoms with Gasteiger partial charge in [0.05, 0.1) is 6.10 Å². The van der Waals surface area contributed by atoms with Crippen LogP contribution in [0.1, 0.15) is 105 Å². The third-order valence-corrected chi connectivity index (χ3v) is 11.1. The molecule has 0 saturated heterocycles. The number of hydrogen-bond donors (Lipinski definition) is 1. The van der Waals surface area contributed by atoms with Crippen LogP contribution in [-0.4, -0.2) is 29.7 Å². The topological polar surface area (TPSA) is 46.5 Å². The molecule has 178 valence electrons. The minimum atomic E-state index is -1.18. The normalized spacial score (nSPS) is 48.3. The number of hydrogen-bond acceptors (Lipinski definition) is 3. The van der Waals surface area contributed by atoms with E-state index in [9.17, 15) is 9.90 Å². The summed E-state index contributed by atoms with van der Waals surface area (Å²) in [5.74, 6) is 4.14. The minimum Gasteiger partial charge on any atom is -0.381 e. The van der Waals surface area contributed by atoms with Crippen LogP contribution in [0.3, 0.4) is 0 Å². The van der Waals surface area contributed by atoms with Crippen molar-refractivity contribution in [2.45, 2.75) is 117 Å². The highest BCUT2D eigenvalue weighted by atomic mass is 16.5. The highest BCUT2D eigenvalue weighted by Crippen LogP contribution is 2.68. The van der Waals surface area contributed by atoms with Gasteiger partial charge in [0.25, 0.3) is 0 Å². The Morgan fingerprint density at radius 2 is 1.77 bits per heavy atom. The van der Waals surface area contributed by atoms with E-state index in [4.69, 9.17) is 4.74 Å². The summed E-state index contributed by atoms with van der Waals surface area (Å²) in [5.41, 5.74) is -1.07. The zero-order chi connectivity index (χ0) is 22.6. The van der Waals surface area contributed by atoms with Crippen LogP contribution in [0.2, 0.25) is 0 Å². The number of fused-ring (bicyclic) bond motifs is 5. The van der Waals surface area contributed by atoms with Crippen LogP contribution in [0.5, 0.6) is 0 Å². The molecule has 4 aliphatic rings. The SMILES string of the molecule is CO[C@@H]1CC[C@]2(C)[C@H]3CC[C@]4(C)[C@@H]([C@@H](C)CCCC(C)C)CC[C@H]4[C@@H]3CC(=O)[C@@]2(O)C1. The standard InChI is InChI=1S/C28H48O3/c1-18(2)8-7-9-19(3)22-10-11-23-21-16-25(29)28(30)17-20(31-6)12-15-27(28,5)24(21)13-14-26(22,23)4/h18-24,30H,7-17H2,1-6H3/t19-,20+,21-,22+,23-,24-,26+,27+,28-/m0/s1. The molecular formula is C28H48O3. The predicted octanol–water partition coefficient (Wildman–Crippen LogP) is 6.42. The maximum Gasteiger partial charge on any atom is 0.165 e. The van der Waals surface area contributed by atoms with Crippen LogP contribution in [0, 0.1) is 46.3 Å². The average molecular weight is 433 g/mol. The third kappa shape index (κ3) is 3.65.